The van der Waals surface area contributed by atoms with Gasteiger partial charge in [-0.15, -0.1) is 0 Å². The van der Waals surface area contributed by atoms with E-state index in [1.807, 2.05) is 31.2 Å². The molecule has 4 heteroatoms. The summed E-state index contributed by atoms with van der Waals surface area (Å²) in [4.78, 5) is 11.5. The van der Waals surface area contributed by atoms with Gasteiger partial charge in [0.1, 0.15) is 17.9 Å². The number of carbonyl (C=O) groups is 1. The first-order valence-electron chi connectivity index (χ1n) is 5.87. The van der Waals surface area contributed by atoms with Gasteiger partial charge < -0.3 is 15.8 Å². The van der Waals surface area contributed by atoms with Crippen LogP contribution < -0.4 is 15.8 Å². The Morgan fingerprint density at radius 3 is 3.00 bits per heavy atom. The Kier molecular flexibility index (Phi) is 3.33. The number of nitrogens with two attached hydrogens (primary N) is 1. The predicted octanol–water partition coefficient (Wildman–Crippen LogP) is 0.981. The van der Waals surface area contributed by atoms with Crippen molar-refractivity contribution < 1.29 is 9.53 Å². The molecule has 0 aromatic heterocycles. The molecule has 1 aromatic carbocycles. The van der Waals surface area contributed by atoms with E-state index in [0.29, 0.717) is 6.61 Å². The molecular weight excluding hydrogens is 216 g/mol. The van der Waals surface area contributed by atoms with Gasteiger partial charge in [0.25, 0.3) is 0 Å². The minimum atomic E-state index is -0.691. The van der Waals surface area contributed by atoms with Crippen LogP contribution in [0.4, 0.5) is 0 Å². The summed E-state index contributed by atoms with van der Waals surface area (Å²) in [6, 6.07) is 7.77. The number of hydrogen-bond acceptors (Lipinski definition) is 3. The zero-order valence-corrected chi connectivity index (χ0v) is 10.0. The molecule has 0 radical (unpaired) electrons. The number of rotatable bonds is 4. The van der Waals surface area contributed by atoms with Crippen molar-refractivity contribution in [1.29, 1.82) is 0 Å². The number of hydrogen-bond donors (Lipinski definition) is 2. The van der Waals surface area contributed by atoms with E-state index < -0.39 is 5.54 Å². The highest BCUT2D eigenvalue weighted by molar-refractivity contribution is 5.85. The SMILES string of the molecule is Cc1cccc(OCC2(C(N)=O)CCCN2)c1. The Morgan fingerprint density at radius 1 is 1.59 bits per heavy atom. The fraction of sp³-hybridized carbons (Fsp3) is 0.462. The molecule has 1 atom stereocenters. The van der Waals surface area contributed by atoms with Crippen molar-refractivity contribution in [2.24, 2.45) is 5.73 Å². The summed E-state index contributed by atoms with van der Waals surface area (Å²) in [5.41, 5.74) is 5.89. The van der Waals surface area contributed by atoms with Crippen LogP contribution in [-0.4, -0.2) is 24.6 Å². The third-order valence-electron chi connectivity index (χ3n) is 3.19. The van der Waals surface area contributed by atoms with Crippen molar-refractivity contribution in [1.82, 2.24) is 5.32 Å². The maximum absolute atomic E-state index is 11.5. The summed E-state index contributed by atoms with van der Waals surface area (Å²) >= 11 is 0. The smallest absolute Gasteiger partial charge is 0.241 e. The Hall–Kier alpha value is -1.55. The van der Waals surface area contributed by atoms with E-state index in [0.717, 1.165) is 30.7 Å². The summed E-state index contributed by atoms with van der Waals surface area (Å²) in [6.07, 6.45) is 1.70. The van der Waals surface area contributed by atoms with Gasteiger partial charge in [0, 0.05) is 0 Å². The van der Waals surface area contributed by atoms with Gasteiger partial charge in [-0.25, -0.2) is 0 Å². The molecule has 92 valence electrons. The van der Waals surface area contributed by atoms with Gasteiger partial charge >= 0.3 is 0 Å². The highest BCUT2D eigenvalue weighted by Crippen LogP contribution is 2.21. The average molecular weight is 234 g/mol. The largest absolute Gasteiger partial charge is 0.491 e. The molecule has 0 bridgehead atoms. The normalized spacial score (nSPS) is 23.6. The lowest BCUT2D eigenvalue weighted by Gasteiger charge is -2.25. The lowest BCUT2D eigenvalue weighted by molar-refractivity contribution is -0.125. The van der Waals surface area contributed by atoms with Crippen LogP contribution in [0.25, 0.3) is 0 Å². The third-order valence-corrected chi connectivity index (χ3v) is 3.19. The van der Waals surface area contributed by atoms with E-state index in [9.17, 15) is 4.79 Å². The third kappa shape index (κ3) is 2.58. The number of aryl methyl sites for hydroxylation is 1. The molecule has 1 fully saturated rings. The fourth-order valence-corrected chi connectivity index (χ4v) is 2.12. The Bertz CT molecular complexity index is 412. The summed E-state index contributed by atoms with van der Waals surface area (Å²) in [5.74, 6) is 0.446. The summed E-state index contributed by atoms with van der Waals surface area (Å²) in [6.45, 7) is 3.12. The number of primary amides is 1. The Labute approximate surface area is 101 Å². The van der Waals surface area contributed by atoms with Crippen LogP contribution in [0.2, 0.25) is 0 Å². The number of carbonyl (C=O) groups excluding carboxylic acids is 1. The van der Waals surface area contributed by atoms with Gasteiger partial charge in [-0.05, 0) is 44.0 Å². The van der Waals surface area contributed by atoms with Gasteiger partial charge in [-0.1, -0.05) is 12.1 Å². The number of amides is 1. The zero-order chi connectivity index (χ0) is 12.3. The summed E-state index contributed by atoms with van der Waals surface area (Å²) in [7, 11) is 0. The Balaban J connectivity index is 2.03. The second-order valence-electron chi connectivity index (χ2n) is 4.58. The molecule has 4 nitrogen and oxygen atoms in total. The molecule has 0 aliphatic carbocycles. The van der Waals surface area contributed by atoms with Crippen LogP contribution in [0.5, 0.6) is 5.75 Å². The van der Waals surface area contributed by atoms with Crippen molar-refractivity contribution in [2.45, 2.75) is 25.3 Å². The first kappa shape index (κ1) is 11.9. The second kappa shape index (κ2) is 4.75. The van der Waals surface area contributed by atoms with Gasteiger partial charge in [-0.3, -0.25) is 4.79 Å². The van der Waals surface area contributed by atoms with Crippen molar-refractivity contribution in [3.05, 3.63) is 29.8 Å². The van der Waals surface area contributed by atoms with Crippen LogP contribution in [0.15, 0.2) is 24.3 Å². The molecule has 3 N–H and O–H groups in total. The van der Waals surface area contributed by atoms with Crippen molar-refractivity contribution in [2.75, 3.05) is 13.2 Å². The zero-order valence-electron chi connectivity index (χ0n) is 10.0. The monoisotopic (exact) mass is 234 g/mol. The van der Waals surface area contributed by atoms with Crippen LogP contribution in [0.3, 0.4) is 0 Å². The Morgan fingerprint density at radius 2 is 2.41 bits per heavy atom. The molecule has 1 aliphatic heterocycles. The van der Waals surface area contributed by atoms with Crippen molar-refractivity contribution in [3.63, 3.8) is 0 Å². The van der Waals surface area contributed by atoms with Gasteiger partial charge in [0.15, 0.2) is 0 Å². The predicted molar refractivity (Wildman–Crippen MR) is 65.8 cm³/mol. The summed E-state index contributed by atoms with van der Waals surface area (Å²) in [5, 5.41) is 3.15. The highest BCUT2D eigenvalue weighted by atomic mass is 16.5. The number of ether oxygens (including phenoxy) is 1. The van der Waals surface area contributed by atoms with Crippen LogP contribution in [0.1, 0.15) is 18.4 Å². The maximum atomic E-state index is 11.5. The average Bonchev–Trinajstić information content (AvgIpc) is 2.76. The topological polar surface area (TPSA) is 64.3 Å². The fourth-order valence-electron chi connectivity index (χ4n) is 2.12. The first-order valence-corrected chi connectivity index (χ1v) is 5.87. The van der Waals surface area contributed by atoms with Crippen LogP contribution in [0, 0.1) is 6.92 Å². The molecule has 1 aliphatic rings. The molecule has 0 spiro atoms. The van der Waals surface area contributed by atoms with Gasteiger partial charge in [-0.2, -0.15) is 0 Å². The maximum Gasteiger partial charge on any atom is 0.241 e. The van der Waals surface area contributed by atoms with Crippen LogP contribution in [-0.2, 0) is 4.79 Å². The molecule has 1 heterocycles. The molecule has 0 saturated carbocycles. The first-order chi connectivity index (χ1) is 8.12. The number of nitrogens with one attached hydrogen (secondary N) is 1. The van der Waals surface area contributed by atoms with Crippen molar-refractivity contribution in [3.8, 4) is 5.75 Å². The van der Waals surface area contributed by atoms with E-state index in [1.54, 1.807) is 0 Å². The summed E-state index contributed by atoms with van der Waals surface area (Å²) < 4.78 is 5.67. The minimum absolute atomic E-state index is 0.297. The second-order valence-corrected chi connectivity index (χ2v) is 4.58. The molecule has 17 heavy (non-hydrogen) atoms. The molecular formula is C13H18N2O2. The highest BCUT2D eigenvalue weighted by Gasteiger charge is 2.40. The van der Waals surface area contributed by atoms with E-state index in [-0.39, 0.29) is 5.91 Å². The lowest BCUT2D eigenvalue weighted by Crippen LogP contribution is -2.55. The molecule has 1 amide bonds. The van der Waals surface area contributed by atoms with E-state index in [4.69, 9.17) is 10.5 Å². The van der Waals surface area contributed by atoms with E-state index in [2.05, 4.69) is 5.32 Å². The number of benzene rings is 1. The lowest BCUT2D eigenvalue weighted by atomic mass is 9.98. The van der Waals surface area contributed by atoms with E-state index >= 15 is 0 Å². The van der Waals surface area contributed by atoms with Crippen molar-refractivity contribution >= 4 is 5.91 Å². The molecule has 1 saturated heterocycles. The molecule has 2 rings (SSSR count). The standard InChI is InChI=1S/C13H18N2O2/c1-10-4-2-5-11(8-10)17-9-13(12(14)16)6-3-7-15-13/h2,4-5,8,15H,3,6-7,9H2,1H3,(H2,14,16). The minimum Gasteiger partial charge on any atom is -0.491 e. The van der Waals surface area contributed by atoms with Gasteiger partial charge in [0.05, 0.1) is 0 Å². The van der Waals surface area contributed by atoms with E-state index in [1.165, 1.54) is 0 Å². The quantitative estimate of drug-likeness (QED) is 0.816. The molecule has 1 aromatic rings. The van der Waals surface area contributed by atoms with Gasteiger partial charge in [0.2, 0.25) is 5.91 Å². The molecule has 1 unspecified atom stereocenters. The van der Waals surface area contributed by atoms with Crippen LogP contribution >= 0.6 is 0 Å².